The van der Waals surface area contributed by atoms with E-state index in [2.05, 4.69) is 5.32 Å². The Morgan fingerprint density at radius 1 is 0.941 bits per heavy atom. The van der Waals surface area contributed by atoms with Gasteiger partial charge in [-0.3, -0.25) is 14.5 Å². The Balaban J connectivity index is 1.96. The highest BCUT2D eigenvalue weighted by molar-refractivity contribution is 6.36. The molecule has 0 aromatic heterocycles. The molecule has 8 heteroatoms. The molecule has 3 rings (SSSR count). The van der Waals surface area contributed by atoms with Crippen molar-refractivity contribution < 1.29 is 28.5 Å². The lowest BCUT2D eigenvalue weighted by atomic mass is 10.0. The molecule has 0 radical (unpaired) electrons. The lowest BCUT2D eigenvalue weighted by Gasteiger charge is -2.15. The highest BCUT2D eigenvalue weighted by Gasteiger charge is 2.39. The number of nitrogens with one attached hydrogen (secondary N) is 1. The maximum absolute atomic E-state index is 13.4. The number of rotatable bonds is 12. The molecular formula is C26H32N2O6. The summed E-state index contributed by atoms with van der Waals surface area (Å²) in [6, 6.07) is 12.4. The number of imide groups is 1. The Bertz CT molecular complexity index is 1050. The van der Waals surface area contributed by atoms with Gasteiger partial charge in [0.25, 0.3) is 11.8 Å². The van der Waals surface area contributed by atoms with Gasteiger partial charge >= 0.3 is 0 Å². The first kappa shape index (κ1) is 25.1. The second-order valence-electron chi connectivity index (χ2n) is 7.95. The molecule has 0 fully saturated rings. The molecule has 0 bridgehead atoms. The van der Waals surface area contributed by atoms with Crippen molar-refractivity contribution in [2.24, 2.45) is 0 Å². The normalized spacial score (nSPS) is 13.6. The molecule has 2 aromatic rings. The fraction of sp³-hybridized carbons (Fsp3) is 0.385. The molecule has 1 aliphatic heterocycles. The van der Waals surface area contributed by atoms with E-state index in [1.807, 2.05) is 20.8 Å². The molecule has 0 spiro atoms. The predicted octanol–water partition coefficient (Wildman–Crippen LogP) is 4.11. The first-order chi connectivity index (χ1) is 16.4. The zero-order chi connectivity index (χ0) is 24.7. The minimum Gasteiger partial charge on any atom is -0.493 e. The van der Waals surface area contributed by atoms with Gasteiger partial charge in [-0.2, -0.15) is 0 Å². The number of carbonyl (C=O) groups excluding carboxylic acids is 2. The lowest BCUT2D eigenvalue weighted by molar-refractivity contribution is -0.137. The van der Waals surface area contributed by atoms with Gasteiger partial charge in [0.15, 0.2) is 11.5 Å². The fourth-order valence-corrected chi connectivity index (χ4v) is 3.66. The first-order valence-electron chi connectivity index (χ1n) is 11.3. The van der Waals surface area contributed by atoms with Crippen LogP contribution < -0.4 is 19.5 Å². The summed E-state index contributed by atoms with van der Waals surface area (Å²) in [5, 5.41) is 3.14. The number of carbonyl (C=O) groups is 2. The zero-order valence-corrected chi connectivity index (χ0v) is 20.3. The van der Waals surface area contributed by atoms with E-state index in [1.54, 1.807) is 49.6 Å². The molecule has 0 unspecified atom stereocenters. The lowest BCUT2D eigenvalue weighted by Crippen LogP contribution is -2.34. The standard InChI is InChI=1S/C26H32N2O6/c1-6-33-15-7-14-28-25(29)23(18-8-11-20(12-9-18)34-17(2)3)24(26(28)30)27-19-10-13-21(31-4)22(16-19)32-5/h8-13,16-17,27H,6-7,14-15H2,1-5H3. The van der Waals surface area contributed by atoms with Crippen LogP contribution in [0.2, 0.25) is 0 Å². The van der Waals surface area contributed by atoms with Gasteiger partial charge in [-0.05, 0) is 57.0 Å². The average molecular weight is 469 g/mol. The Labute approximate surface area is 200 Å². The van der Waals surface area contributed by atoms with Crippen LogP contribution in [0.4, 0.5) is 5.69 Å². The minimum atomic E-state index is -0.381. The van der Waals surface area contributed by atoms with Gasteiger partial charge in [-0.25, -0.2) is 0 Å². The topological polar surface area (TPSA) is 86.3 Å². The molecule has 8 nitrogen and oxygen atoms in total. The number of amides is 2. The van der Waals surface area contributed by atoms with E-state index >= 15 is 0 Å². The highest BCUT2D eigenvalue weighted by Crippen LogP contribution is 2.34. The van der Waals surface area contributed by atoms with Crippen molar-refractivity contribution in [2.75, 3.05) is 39.3 Å². The molecule has 1 N–H and O–H groups in total. The summed E-state index contributed by atoms with van der Waals surface area (Å²) in [6.07, 6.45) is 0.589. The van der Waals surface area contributed by atoms with Crippen LogP contribution in [0.25, 0.3) is 5.57 Å². The van der Waals surface area contributed by atoms with Crippen molar-refractivity contribution in [3.63, 3.8) is 0 Å². The van der Waals surface area contributed by atoms with Gasteiger partial charge in [0, 0.05) is 31.5 Å². The smallest absolute Gasteiger partial charge is 0.278 e. The maximum atomic E-state index is 13.4. The largest absolute Gasteiger partial charge is 0.493 e. The molecule has 2 amide bonds. The van der Waals surface area contributed by atoms with Gasteiger partial charge in [0.05, 0.1) is 25.9 Å². The van der Waals surface area contributed by atoms with Crippen molar-refractivity contribution in [2.45, 2.75) is 33.3 Å². The number of nitrogens with zero attached hydrogens (tertiary/aromatic N) is 1. The van der Waals surface area contributed by atoms with Gasteiger partial charge in [-0.1, -0.05) is 12.1 Å². The van der Waals surface area contributed by atoms with Gasteiger partial charge in [0.1, 0.15) is 11.4 Å². The Hall–Kier alpha value is -3.52. The first-order valence-corrected chi connectivity index (χ1v) is 11.3. The van der Waals surface area contributed by atoms with E-state index in [9.17, 15) is 9.59 Å². The number of ether oxygens (including phenoxy) is 4. The summed E-state index contributed by atoms with van der Waals surface area (Å²) in [5.41, 5.74) is 1.76. The summed E-state index contributed by atoms with van der Waals surface area (Å²) in [6.45, 7) is 7.13. The molecule has 182 valence electrons. The third kappa shape index (κ3) is 5.69. The molecule has 0 aliphatic carbocycles. The fourth-order valence-electron chi connectivity index (χ4n) is 3.66. The van der Waals surface area contributed by atoms with Gasteiger partial charge in [0.2, 0.25) is 0 Å². The summed E-state index contributed by atoms with van der Waals surface area (Å²) in [5.74, 6) is 1.04. The molecule has 1 aliphatic rings. The van der Waals surface area contributed by atoms with Crippen LogP contribution in [0.1, 0.15) is 32.8 Å². The van der Waals surface area contributed by atoms with Crippen LogP contribution in [-0.4, -0.2) is 56.8 Å². The summed E-state index contributed by atoms with van der Waals surface area (Å²) < 4.78 is 21.7. The molecule has 0 atom stereocenters. The number of methoxy groups -OCH3 is 2. The zero-order valence-electron chi connectivity index (χ0n) is 20.3. The van der Waals surface area contributed by atoms with E-state index in [0.717, 1.165) is 0 Å². The molecule has 34 heavy (non-hydrogen) atoms. The number of anilines is 1. The maximum Gasteiger partial charge on any atom is 0.278 e. The number of benzene rings is 2. The van der Waals surface area contributed by atoms with Crippen molar-refractivity contribution in [1.29, 1.82) is 0 Å². The second kappa shape index (κ2) is 11.6. The number of hydrogen-bond acceptors (Lipinski definition) is 7. The summed E-state index contributed by atoms with van der Waals surface area (Å²) >= 11 is 0. The average Bonchev–Trinajstić information content (AvgIpc) is 3.05. The van der Waals surface area contributed by atoms with Crippen LogP contribution >= 0.6 is 0 Å². The predicted molar refractivity (Wildman–Crippen MR) is 130 cm³/mol. The Morgan fingerprint density at radius 2 is 1.65 bits per heavy atom. The summed E-state index contributed by atoms with van der Waals surface area (Å²) in [7, 11) is 3.09. The Morgan fingerprint density at radius 3 is 2.26 bits per heavy atom. The van der Waals surface area contributed by atoms with Crippen LogP contribution in [0.5, 0.6) is 17.2 Å². The molecule has 0 saturated carbocycles. The van der Waals surface area contributed by atoms with Crippen molar-refractivity contribution in [3.8, 4) is 17.2 Å². The molecule has 0 saturated heterocycles. The van der Waals surface area contributed by atoms with Crippen molar-refractivity contribution in [3.05, 3.63) is 53.7 Å². The van der Waals surface area contributed by atoms with Crippen molar-refractivity contribution >= 4 is 23.1 Å². The van der Waals surface area contributed by atoms with Gasteiger partial charge in [-0.15, -0.1) is 0 Å². The van der Waals surface area contributed by atoms with Crippen LogP contribution in [0, 0.1) is 0 Å². The molecule has 1 heterocycles. The minimum absolute atomic E-state index is 0.0304. The SMILES string of the molecule is CCOCCCN1C(=O)C(Nc2ccc(OC)c(OC)c2)=C(c2ccc(OC(C)C)cc2)C1=O. The Kier molecular flexibility index (Phi) is 8.54. The van der Waals surface area contributed by atoms with E-state index in [-0.39, 0.29) is 30.2 Å². The van der Waals surface area contributed by atoms with E-state index < -0.39 is 0 Å². The second-order valence-corrected chi connectivity index (χ2v) is 7.95. The van der Waals surface area contributed by atoms with Crippen molar-refractivity contribution in [1.82, 2.24) is 4.90 Å². The van der Waals surface area contributed by atoms with Crippen LogP contribution in [0.3, 0.4) is 0 Å². The third-order valence-electron chi connectivity index (χ3n) is 5.21. The summed E-state index contributed by atoms with van der Waals surface area (Å²) in [4.78, 5) is 27.9. The highest BCUT2D eigenvalue weighted by atomic mass is 16.5. The molecule has 2 aromatic carbocycles. The quantitative estimate of drug-likeness (QED) is 0.371. The van der Waals surface area contributed by atoms with E-state index in [1.165, 1.54) is 12.0 Å². The van der Waals surface area contributed by atoms with Crippen LogP contribution in [0.15, 0.2) is 48.2 Å². The number of hydrogen-bond donors (Lipinski definition) is 1. The van der Waals surface area contributed by atoms with E-state index in [4.69, 9.17) is 18.9 Å². The van der Waals surface area contributed by atoms with Crippen LogP contribution in [-0.2, 0) is 14.3 Å². The van der Waals surface area contributed by atoms with Gasteiger partial charge < -0.3 is 24.3 Å². The van der Waals surface area contributed by atoms with E-state index in [0.29, 0.717) is 53.7 Å². The monoisotopic (exact) mass is 468 g/mol. The molecular weight excluding hydrogens is 436 g/mol. The third-order valence-corrected chi connectivity index (χ3v) is 5.21.